The topological polar surface area (TPSA) is 35.1 Å². The van der Waals surface area contributed by atoms with Crippen molar-refractivity contribution in [3.05, 3.63) is 47.2 Å². The largest absolute Gasteiger partial charge is 0.788 e. The second kappa shape index (κ2) is 4.66. The Morgan fingerprint density at radius 2 is 2.00 bits per heavy atom. The van der Waals surface area contributed by atoms with E-state index in [9.17, 15) is 5.21 Å². The Kier molecular flexibility index (Phi) is 3.38. The number of nitrogens with one attached hydrogen (secondary N) is 1. The standard InChI is InChI=1S/C9H10NO/c11-10-8-4-7-9-5-2-1-3-6-9/h1-7,10H,8H2/q-1. The van der Waals surface area contributed by atoms with Crippen molar-refractivity contribution in [1.82, 2.24) is 5.48 Å². The molecule has 2 nitrogen and oxygen atoms in total. The molecule has 11 heavy (non-hydrogen) atoms. The minimum Gasteiger partial charge on any atom is -0.788 e. The third-order valence-electron chi connectivity index (χ3n) is 1.31. The Labute approximate surface area is 66.1 Å². The third kappa shape index (κ3) is 2.98. The van der Waals surface area contributed by atoms with Crippen molar-refractivity contribution in [2.45, 2.75) is 0 Å². The van der Waals surface area contributed by atoms with Crippen LogP contribution in [-0.4, -0.2) is 6.54 Å². The molecule has 0 aliphatic carbocycles. The summed E-state index contributed by atoms with van der Waals surface area (Å²) in [5.74, 6) is 0. The fourth-order valence-electron chi connectivity index (χ4n) is 0.807. The van der Waals surface area contributed by atoms with E-state index in [2.05, 4.69) is 0 Å². The summed E-state index contributed by atoms with van der Waals surface area (Å²) in [5.41, 5.74) is 2.91. The Bertz CT molecular complexity index is 218. The van der Waals surface area contributed by atoms with Crippen LogP contribution in [0, 0.1) is 5.21 Å². The Hall–Kier alpha value is -1.12. The molecule has 0 saturated carbocycles. The first-order chi connectivity index (χ1) is 5.43. The Balaban J connectivity index is 2.50. The molecule has 0 bridgehead atoms. The summed E-state index contributed by atoms with van der Waals surface area (Å²) >= 11 is 0. The molecule has 0 unspecified atom stereocenters. The molecule has 58 valence electrons. The van der Waals surface area contributed by atoms with Gasteiger partial charge in [0.2, 0.25) is 0 Å². The molecule has 2 heteroatoms. The van der Waals surface area contributed by atoms with Crippen molar-refractivity contribution in [3.63, 3.8) is 0 Å². The highest BCUT2D eigenvalue weighted by atomic mass is 16.5. The van der Waals surface area contributed by atoms with Crippen LogP contribution in [0.15, 0.2) is 36.4 Å². The zero-order valence-corrected chi connectivity index (χ0v) is 6.16. The highest BCUT2D eigenvalue weighted by Crippen LogP contribution is 1.99. The maximum Gasteiger partial charge on any atom is 0.00204 e. The molecular formula is C9H10NO-. The Morgan fingerprint density at radius 3 is 2.64 bits per heavy atom. The van der Waals surface area contributed by atoms with Crippen molar-refractivity contribution in [1.29, 1.82) is 0 Å². The molecule has 0 fully saturated rings. The molecule has 0 amide bonds. The van der Waals surface area contributed by atoms with Gasteiger partial charge in [0.1, 0.15) is 0 Å². The minimum atomic E-state index is 0.370. The molecular weight excluding hydrogens is 138 g/mol. The van der Waals surface area contributed by atoms with Gasteiger partial charge in [-0.25, -0.2) is 0 Å². The van der Waals surface area contributed by atoms with Crippen molar-refractivity contribution in [3.8, 4) is 0 Å². The van der Waals surface area contributed by atoms with E-state index in [0.717, 1.165) is 5.56 Å². The summed E-state index contributed by atoms with van der Waals surface area (Å²) in [4.78, 5) is 0. The number of hydrogen-bond acceptors (Lipinski definition) is 2. The van der Waals surface area contributed by atoms with Gasteiger partial charge in [-0.15, -0.1) is 0 Å². The van der Waals surface area contributed by atoms with E-state index in [1.54, 1.807) is 11.6 Å². The smallest absolute Gasteiger partial charge is 0.00204 e. The number of hydroxylamine groups is 1. The van der Waals surface area contributed by atoms with Crippen LogP contribution in [0.25, 0.3) is 6.08 Å². The fraction of sp³-hybridized carbons (Fsp3) is 0.111. The lowest BCUT2D eigenvalue weighted by atomic mass is 10.2. The molecule has 0 spiro atoms. The van der Waals surface area contributed by atoms with Crippen LogP contribution in [0.4, 0.5) is 0 Å². The van der Waals surface area contributed by atoms with Crippen molar-refractivity contribution in [2.24, 2.45) is 0 Å². The average Bonchev–Trinajstić information content (AvgIpc) is 2.07. The summed E-state index contributed by atoms with van der Waals surface area (Å²) in [7, 11) is 0. The quantitative estimate of drug-likeness (QED) is 0.663. The van der Waals surface area contributed by atoms with Gasteiger partial charge in [-0.2, -0.15) is 0 Å². The number of benzene rings is 1. The highest BCUT2D eigenvalue weighted by Gasteiger charge is 1.79. The molecule has 1 aromatic carbocycles. The van der Waals surface area contributed by atoms with E-state index in [-0.39, 0.29) is 0 Å². The van der Waals surface area contributed by atoms with Gasteiger partial charge in [0.25, 0.3) is 0 Å². The van der Waals surface area contributed by atoms with Gasteiger partial charge in [-0.3, -0.25) is 0 Å². The molecule has 1 rings (SSSR count). The van der Waals surface area contributed by atoms with E-state index in [1.165, 1.54) is 0 Å². The molecule has 0 radical (unpaired) electrons. The van der Waals surface area contributed by atoms with E-state index in [4.69, 9.17) is 0 Å². The molecule has 0 aliphatic rings. The summed E-state index contributed by atoms with van der Waals surface area (Å²) in [6.07, 6.45) is 3.70. The van der Waals surface area contributed by atoms with Crippen LogP contribution in [-0.2, 0) is 0 Å². The first-order valence-corrected chi connectivity index (χ1v) is 3.50. The maximum atomic E-state index is 9.82. The summed E-state index contributed by atoms with van der Waals surface area (Å²) in [6, 6.07) is 9.86. The molecule has 0 heterocycles. The predicted molar refractivity (Wildman–Crippen MR) is 46.8 cm³/mol. The lowest BCUT2D eigenvalue weighted by Crippen LogP contribution is -2.00. The zero-order valence-electron chi connectivity index (χ0n) is 6.16. The molecule has 0 atom stereocenters. The van der Waals surface area contributed by atoms with Crippen molar-refractivity contribution >= 4 is 6.08 Å². The molecule has 0 aliphatic heterocycles. The van der Waals surface area contributed by atoms with E-state index < -0.39 is 0 Å². The first kappa shape index (κ1) is 7.98. The van der Waals surface area contributed by atoms with E-state index >= 15 is 0 Å². The predicted octanol–water partition coefficient (Wildman–Crippen LogP) is 1.79. The normalized spacial score (nSPS) is 10.6. The van der Waals surface area contributed by atoms with Gasteiger partial charge >= 0.3 is 0 Å². The van der Waals surface area contributed by atoms with E-state index in [0.29, 0.717) is 6.54 Å². The minimum absolute atomic E-state index is 0.370. The van der Waals surface area contributed by atoms with Crippen LogP contribution < -0.4 is 5.48 Å². The van der Waals surface area contributed by atoms with Gasteiger partial charge in [0.05, 0.1) is 0 Å². The molecule has 1 N–H and O–H groups in total. The summed E-state index contributed by atoms with van der Waals surface area (Å²) in [5, 5.41) is 9.82. The summed E-state index contributed by atoms with van der Waals surface area (Å²) < 4.78 is 0. The summed E-state index contributed by atoms with van der Waals surface area (Å²) in [6.45, 7) is 0.370. The van der Waals surface area contributed by atoms with Gasteiger partial charge in [0, 0.05) is 6.54 Å². The lowest BCUT2D eigenvalue weighted by Gasteiger charge is -2.00. The second-order valence-electron chi connectivity index (χ2n) is 2.16. The lowest BCUT2D eigenvalue weighted by molar-refractivity contribution is 0.998. The second-order valence-corrected chi connectivity index (χ2v) is 2.16. The van der Waals surface area contributed by atoms with Crippen molar-refractivity contribution in [2.75, 3.05) is 6.54 Å². The van der Waals surface area contributed by atoms with Gasteiger partial charge < -0.3 is 10.7 Å². The molecule has 0 aromatic heterocycles. The van der Waals surface area contributed by atoms with Crippen LogP contribution in [0.5, 0.6) is 0 Å². The van der Waals surface area contributed by atoms with Crippen LogP contribution in [0.2, 0.25) is 0 Å². The number of hydrogen-bond donors (Lipinski definition) is 1. The monoisotopic (exact) mass is 148 g/mol. The van der Waals surface area contributed by atoms with Crippen LogP contribution in [0.3, 0.4) is 0 Å². The maximum absolute atomic E-state index is 9.82. The Morgan fingerprint density at radius 1 is 1.27 bits per heavy atom. The van der Waals surface area contributed by atoms with Crippen molar-refractivity contribution < 1.29 is 0 Å². The highest BCUT2D eigenvalue weighted by molar-refractivity contribution is 5.48. The number of rotatable bonds is 3. The van der Waals surface area contributed by atoms with Gasteiger partial charge in [-0.1, -0.05) is 42.5 Å². The van der Waals surface area contributed by atoms with Crippen LogP contribution in [0.1, 0.15) is 5.56 Å². The average molecular weight is 148 g/mol. The third-order valence-corrected chi connectivity index (χ3v) is 1.31. The molecule has 0 saturated heterocycles. The van der Waals surface area contributed by atoms with Gasteiger partial charge in [-0.05, 0) is 5.56 Å². The SMILES string of the molecule is [O-]NCC=Cc1ccccc1. The molecule has 1 aromatic rings. The first-order valence-electron chi connectivity index (χ1n) is 3.50. The van der Waals surface area contributed by atoms with Gasteiger partial charge in [0.15, 0.2) is 0 Å². The van der Waals surface area contributed by atoms with E-state index in [1.807, 2.05) is 36.4 Å². The zero-order chi connectivity index (χ0) is 7.94. The van der Waals surface area contributed by atoms with Crippen LogP contribution >= 0.6 is 0 Å². The fourth-order valence-corrected chi connectivity index (χ4v) is 0.807.